The van der Waals surface area contributed by atoms with Crippen LogP contribution in [0.5, 0.6) is 5.75 Å². The number of rotatable bonds is 6. The molecule has 0 aromatic heterocycles. The Morgan fingerprint density at radius 3 is 2.57 bits per heavy atom. The Hall–Kier alpha value is -3.09. The van der Waals surface area contributed by atoms with Crippen molar-refractivity contribution in [2.75, 3.05) is 11.9 Å². The fourth-order valence-corrected chi connectivity index (χ4v) is 3.18. The highest BCUT2D eigenvalue weighted by Gasteiger charge is 2.26. The number of carbonyl (C=O) groups is 2. The van der Waals surface area contributed by atoms with E-state index in [1.165, 1.54) is 12.1 Å². The first-order valence-corrected chi connectivity index (χ1v) is 9.29. The van der Waals surface area contributed by atoms with Gasteiger partial charge in [-0.05, 0) is 43.5 Å². The van der Waals surface area contributed by atoms with E-state index >= 15 is 0 Å². The molecule has 1 aliphatic carbocycles. The molecule has 2 aromatic carbocycles. The summed E-state index contributed by atoms with van der Waals surface area (Å²) in [5.41, 5.74) is 0.665. The number of hydrogen-bond acceptors (Lipinski definition) is 4. The van der Waals surface area contributed by atoms with E-state index in [1.54, 1.807) is 24.3 Å². The van der Waals surface area contributed by atoms with Crippen molar-refractivity contribution in [3.05, 3.63) is 60.4 Å². The Kier molecular flexibility index (Phi) is 6.84. The average molecular weight is 386 g/mol. The second-order valence-electron chi connectivity index (χ2n) is 6.67. The van der Waals surface area contributed by atoms with Crippen LogP contribution < -0.4 is 15.4 Å². The van der Waals surface area contributed by atoms with E-state index in [-0.39, 0.29) is 30.4 Å². The zero-order chi connectivity index (χ0) is 19.8. The van der Waals surface area contributed by atoms with Crippen molar-refractivity contribution in [3.8, 4) is 5.75 Å². The summed E-state index contributed by atoms with van der Waals surface area (Å²) in [5.74, 6) is -0.798. The van der Waals surface area contributed by atoms with E-state index in [9.17, 15) is 14.0 Å². The third-order valence-electron chi connectivity index (χ3n) is 4.48. The number of ether oxygens (including phenoxy) is 2. The van der Waals surface area contributed by atoms with Gasteiger partial charge in [0.05, 0.1) is 0 Å². The molecule has 2 atom stereocenters. The Morgan fingerprint density at radius 2 is 1.79 bits per heavy atom. The van der Waals surface area contributed by atoms with Gasteiger partial charge in [-0.15, -0.1) is 0 Å². The Bertz CT molecular complexity index is 800. The summed E-state index contributed by atoms with van der Waals surface area (Å²) in [4.78, 5) is 24.1. The molecule has 28 heavy (non-hydrogen) atoms. The van der Waals surface area contributed by atoms with E-state index < -0.39 is 11.9 Å². The zero-order valence-electron chi connectivity index (χ0n) is 15.4. The fraction of sp³-hybridized carbons (Fsp3) is 0.333. The molecule has 3 rings (SSSR count). The number of amides is 2. The normalized spacial score (nSPS) is 18.8. The second kappa shape index (κ2) is 9.73. The van der Waals surface area contributed by atoms with Crippen LogP contribution in [0.4, 0.5) is 14.9 Å². The van der Waals surface area contributed by atoms with Gasteiger partial charge in [-0.25, -0.2) is 9.18 Å². The van der Waals surface area contributed by atoms with Gasteiger partial charge in [0.1, 0.15) is 6.10 Å². The number of para-hydroxylation sites is 2. The molecular formula is C21H23FN2O4. The van der Waals surface area contributed by atoms with E-state index in [4.69, 9.17) is 9.47 Å². The summed E-state index contributed by atoms with van der Waals surface area (Å²) < 4.78 is 24.2. The fourth-order valence-electron chi connectivity index (χ4n) is 3.18. The largest absolute Gasteiger partial charge is 0.481 e. The summed E-state index contributed by atoms with van der Waals surface area (Å²) in [5, 5.41) is 5.55. The van der Waals surface area contributed by atoms with Crippen molar-refractivity contribution in [1.82, 2.24) is 5.32 Å². The Labute approximate surface area is 163 Å². The summed E-state index contributed by atoms with van der Waals surface area (Å²) in [6.45, 7) is -0.266. The maximum Gasteiger partial charge on any atom is 0.411 e. The molecule has 1 aliphatic rings. The molecule has 2 N–H and O–H groups in total. The molecule has 2 aromatic rings. The first-order valence-electron chi connectivity index (χ1n) is 9.29. The standard InChI is InChI=1S/C21H23FN2O4/c22-18-11-4-5-12-19(18)27-14-20(25)23-16-9-6-10-17(13-16)28-21(26)24-15-7-2-1-3-8-15/h1-5,7-8,11-12,16-17H,6,9-10,13-14H2,(H,23,25)(H,24,26)/t16-,17+/m0/s1. The van der Waals surface area contributed by atoms with Gasteiger partial charge in [0.2, 0.25) is 0 Å². The van der Waals surface area contributed by atoms with Gasteiger partial charge in [0.25, 0.3) is 5.91 Å². The molecule has 148 valence electrons. The van der Waals surface area contributed by atoms with Crippen molar-refractivity contribution < 1.29 is 23.5 Å². The SMILES string of the molecule is O=C(COc1ccccc1F)N[C@H]1CCC[C@@H](OC(=O)Nc2ccccc2)C1. The highest BCUT2D eigenvalue weighted by atomic mass is 19.1. The third-order valence-corrected chi connectivity index (χ3v) is 4.48. The highest BCUT2D eigenvalue weighted by molar-refractivity contribution is 5.84. The van der Waals surface area contributed by atoms with Crippen molar-refractivity contribution in [2.24, 2.45) is 0 Å². The first kappa shape index (κ1) is 19.7. The molecule has 0 aliphatic heterocycles. The van der Waals surface area contributed by atoms with E-state index in [0.29, 0.717) is 12.1 Å². The number of anilines is 1. The Morgan fingerprint density at radius 1 is 1.04 bits per heavy atom. The molecule has 2 amide bonds. The van der Waals surface area contributed by atoms with Crippen LogP contribution in [0.2, 0.25) is 0 Å². The maximum absolute atomic E-state index is 13.5. The topological polar surface area (TPSA) is 76.7 Å². The summed E-state index contributed by atoms with van der Waals surface area (Å²) >= 11 is 0. The lowest BCUT2D eigenvalue weighted by atomic mass is 9.93. The molecule has 1 saturated carbocycles. The second-order valence-corrected chi connectivity index (χ2v) is 6.67. The molecule has 0 unspecified atom stereocenters. The number of nitrogens with one attached hydrogen (secondary N) is 2. The number of benzene rings is 2. The van der Waals surface area contributed by atoms with Crippen molar-refractivity contribution in [1.29, 1.82) is 0 Å². The van der Waals surface area contributed by atoms with E-state index in [0.717, 1.165) is 19.3 Å². The monoisotopic (exact) mass is 386 g/mol. The van der Waals surface area contributed by atoms with E-state index in [2.05, 4.69) is 10.6 Å². The van der Waals surface area contributed by atoms with Crippen LogP contribution in [0.25, 0.3) is 0 Å². The molecule has 7 heteroatoms. The minimum atomic E-state index is -0.508. The minimum Gasteiger partial charge on any atom is -0.481 e. The maximum atomic E-state index is 13.5. The van der Waals surface area contributed by atoms with Gasteiger partial charge in [-0.2, -0.15) is 0 Å². The summed E-state index contributed by atoms with van der Waals surface area (Å²) in [6, 6.07) is 14.9. The quantitative estimate of drug-likeness (QED) is 0.790. The highest BCUT2D eigenvalue weighted by Crippen LogP contribution is 2.22. The molecule has 0 saturated heterocycles. The summed E-state index contributed by atoms with van der Waals surface area (Å²) in [7, 11) is 0. The molecular weight excluding hydrogens is 363 g/mol. The van der Waals surface area contributed by atoms with Gasteiger partial charge in [-0.1, -0.05) is 30.3 Å². The predicted octanol–water partition coefficient (Wildman–Crippen LogP) is 3.88. The van der Waals surface area contributed by atoms with Gasteiger partial charge in [-0.3, -0.25) is 10.1 Å². The lowest BCUT2D eigenvalue weighted by Crippen LogP contribution is -2.43. The van der Waals surface area contributed by atoms with Crippen LogP contribution in [0.15, 0.2) is 54.6 Å². The smallest absolute Gasteiger partial charge is 0.411 e. The van der Waals surface area contributed by atoms with Crippen LogP contribution in [-0.4, -0.2) is 30.8 Å². The van der Waals surface area contributed by atoms with Crippen LogP contribution in [-0.2, 0) is 9.53 Å². The van der Waals surface area contributed by atoms with E-state index in [1.807, 2.05) is 18.2 Å². The van der Waals surface area contributed by atoms with Crippen LogP contribution in [0.3, 0.4) is 0 Å². The van der Waals surface area contributed by atoms with Crippen LogP contribution in [0.1, 0.15) is 25.7 Å². The van der Waals surface area contributed by atoms with Gasteiger partial charge in [0, 0.05) is 18.2 Å². The minimum absolute atomic E-state index is 0.0417. The number of halogens is 1. The van der Waals surface area contributed by atoms with Crippen molar-refractivity contribution >= 4 is 17.7 Å². The Balaban J connectivity index is 1.42. The molecule has 0 spiro atoms. The van der Waals surface area contributed by atoms with Gasteiger partial charge >= 0.3 is 6.09 Å². The summed E-state index contributed by atoms with van der Waals surface area (Å²) in [6.07, 6.45) is 2.14. The van der Waals surface area contributed by atoms with Crippen LogP contribution >= 0.6 is 0 Å². The van der Waals surface area contributed by atoms with Gasteiger partial charge in [0.15, 0.2) is 18.2 Å². The molecule has 0 heterocycles. The third kappa shape index (κ3) is 5.97. The van der Waals surface area contributed by atoms with Crippen molar-refractivity contribution in [2.45, 2.75) is 37.8 Å². The first-order chi connectivity index (χ1) is 13.6. The average Bonchev–Trinajstić information content (AvgIpc) is 2.68. The number of carbonyl (C=O) groups excluding carboxylic acids is 2. The molecule has 1 fully saturated rings. The lowest BCUT2D eigenvalue weighted by Gasteiger charge is -2.29. The molecule has 0 radical (unpaired) electrons. The van der Waals surface area contributed by atoms with Crippen molar-refractivity contribution in [3.63, 3.8) is 0 Å². The van der Waals surface area contributed by atoms with Crippen LogP contribution in [0, 0.1) is 5.82 Å². The molecule has 6 nitrogen and oxygen atoms in total. The predicted molar refractivity (Wildman–Crippen MR) is 103 cm³/mol. The molecule has 0 bridgehead atoms. The number of hydrogen-bond donors (Lipinski definition) is 2. The van der Waals surface area contributed by atoms with Gasteiger partial charge < -0.3 is 14.8 Å². The zero-order valence-corrected chi connectivity index (χ0v) is 15.4. The lowest BCUT2D eigenvalue weighted by molar-refractivity contribution is -0.124.